The van der Waals surface area contributed by atoms with Gasteiger partial charge in [-0.1, -0.05) is 40.2 Å². The number of hydrogen-bond donors (Lipinski definition) is 1. The lowest BCUT2D eigenvalue weighted by Gasteiger charge is -2.17. The number of esters is 2. The molecule has 2 aromatic rings. The molecule has 1 atom stereocenters. The summed E-state index contributed by atoms with van der Waals surface area (Å²) < 4.78 is 10.3. The van der Waals surface area contributed by atoms with Gasteiger partial charge < -0.3 is 14.8 Å². The molecule has 0 aliphatic carbocycles. The van der Waals surface area contributed by atoms with Gasteiger partial charge in [0.25, 0.3) is 5.91 Å². The molecule has 0 aliphatic rings. The first kappa shape index (κ1) is 19.7. The third-order valence-electron chi connectivity index (χ3n) is 3.72. The Morgan fingerprint density at radius 3 is 2.35 bits per heavy atom. The normalized spacial score (nSPS) is 11.3. The van der Waals surface area contributed by atoms with Crippen LogP contribution in [-0.2, 0) is 20.7 Å². The third kappa shape index (κ3) is 4.92. The summed E-state index contributed by atoms with van der Waals surface area (Å²) in [5, 5.41) is 2.66. The zero-order chi connectivity index (χ0) is 19.1. The molecule has 0 saturated heterocycles. The fourth-order valence-corrected chi connectivity index (χ4v) is 2.81. The Bertz CT molecular complexity index is 821. The summed E-state index contributed by atoms with van der Waals surface area (Å²) in [5.74, 6) is -1.59. The van der Waals surface area contributed by atoms with Crippen LogP contribution in [0, 0.1) is 0 Å². The van der Waals surface area contributed by atoms with Crippen LogP contribution >= 0.6 is 15.9 Å². The van der Waals surface area contributed by atoms with E-state index in [1.165, 1.54) is 20.3 Å². The van der Waals surface area contributed by atoms with Crippen molar-refractivity contribution < 1.29 is 23.9 Å². The molecule has 26 heavy (non-hydrogen) atoms. The van der Waals surface area contributed by atoms with E-state index in [1.54, 1.807) is 18.2 Å². The zero-order valence-corrected chi connectivity index (χ0v) is 15.9. The van der Waals surface area contributed by atoms with Crippen LogP contribution in [0.3, 0.4) is 0 Å². The molecule has 2 rings (SSSR count). The predicted octanol–water partition coefficient (Wildman–Crippen LogP) is 2.75. The second-order valence-corrected chi connectivity index (χ2v) is 6.27. The minimum absolute atomic E-state index is 0.244. The molecule has 2 aromatic carbocycles. The van der Waals surface area contributed by atoms with Crippen molar-refractivity contribution in [3.05, 3.63) is 69.7 Å². The highest BCUT2D eigenvalue weighted by molar-refractivity contribution is 9.10. The summed E-state index contributed by atoms with van der Waals surface area (Å²) in [6, 6.07) is 12.6. The largest absolute Gasteiger partial charge is 0.467 e. The number of nitrogens with one attached hydrogen (secondary N) is 1. The highest BCUT2D eigenvalue weighted by Crippen LogP contribution is 2.18. The summed E-state index contributed by atoms with van der Waals surface area (Å²) >= 11 is 3.42. The van der Waals surface area contributed by atoms with Crippen LogP contribution in [0.25, 0.3) is 0 Å². The van der Waals surface area contributed by atoms with Crippen molar-refractivity contribution in [2.75, 3.05) is 14.2 Å². The maximum atomic E-state index is 12.5. The smallest absolute Gasteiger partial charge is 0.337 e. The van der Waals surface area contributed by atoms with E-state index in [1.807, 2.05) is 24.3 Å². The number of ether oxygens (including phenoxy) is 2. The summed E-state index contributed by atoms with van der Waals surface area (Å²) in [4.78, 5) is 36.2. The van der Waals surface area contributed by atoms with Crippen LogP contribution in [-0.4, -0.2) is 38.1 Å². The Morgan fingerprint density at radius 2 is 1.69 bits per heavy atom. The first-order chi connectivity index (χ1) is 12.5. The van der Waals surface area contributed by atoms with Crippen LogP contribution in [0.15, 0.2) is 53.0 Å². The quantitative estimate of drug-likeness (QED) is 0.727. The fourth-order valence-electron chi connectivity index (χ4n) is 2.37. The maximum absolute atomic E-state index is 12.5. The van der Waals surface area contributed by atoms with Crippen LogP contribution in [0.4, 0.5) is 0 Å². The van der Waals surface area contributed by atoms with Crippen molar-refractivity contribution in [3.8, 4) is 0 Å². The lowest BCUT2D eigenvalue weighted by atomic mass is 10.0. The van der Waals surface area contributed by atoms with E-state index in [9.17, 15) is 14.4 Å². The zero-order valence-electron chi connectivity index (χ0n) is 14.3. The Kier molecular flexibility index (Phi) is 6.91. The van der Waals surface area contributed by atoms with E-state index in [2.05, 4.69) is 26.0 Å². The number of halogens is 1. The predicted molar refractivity (Wildman–Crippen MR) is 98.9 cm³/mol. The van der Waals surface area contributed by atoms with Gasteiger partial charge >= 0.3 is 11.9 Å². The molecule has 0 spiro atoms. The van der Waals surface area contributed by atoms with Gasteiger partial charge in [0.2, 0.25) is 0 Å². The first-order valence-electron chi connectivity index (χ1n) is 7.76. The van der Waals surface area contributed by atoms with Crippen molar-refractivity contribution in [3.63, 3.8) is 0 Å². The van der Waals surface area contributed by atoms with Gasteiger partial charge in [-0.3, -0.25) is 4.79 Å². The number of hydrogen-bond acceptors (Lipinski definition) is 5. The van der Waals surface area contributed by atoms with E-state index in [4.69, 9.17) is 4.74 Å². The molecule has 0 unspecified atom stereocenters. The van der Waals surface area contributed by atoms with Gasteiger partial charge in [-0.15, -0.1) is 0 Å². The number of benzene rings is 2. The summed E-state index contributed by atoms with van der Waals surface area (Å²) in [6.45, 7) is 0. The minimum Gasteiger partial charge on any atom is -0.467 e. The summed E-state index contributed by atoms with van der Waals surface area (Å²) in [6.07, 6.45) is 0.260. The molecule has 0 heterocycles. The molecule has 6 nitrogen and oxygen atoms in total. The number of methoxy groups -OCH3 is 2. The van der Waals surface area contributed by atoms with Gasteiger partial charge in [-0.05, 0) is 29.8 Å². The molecule has 0 aliphatic heterocycles. The molecule has 1 N–H and O–H groups in total. The third-order valence-corrected chi connectivity index (χ3v) is 4.49. The van der Waals surface area contributed by atoms with Gasteiger partial charge in [0, 0.05) is 16.5 Å². The SMILES string of the molecule is COC(=O)c1cccc(C(=O)N[C@@H](Cc2ccccc2Br)C(=O)OC)c1. The van der Waals surface area contributed by atoms with Crippen molar-refractivity contribution >= 4 is 33.8 Å². The van der Waals surface area contributed by atoms with Crippen LogP contribution in [0.5, 0.6) is 0 Å². The molecule has 0 radical (unpaired) electrons. The van der Waals surface area contributed by atoms with Gasteiger partial charge in [-0.25, -0.2) is 9.59 Å². The molecule has 0 bridgehead atoms. The second kappa shape index (κ2) is 9.15. The monoisotopic (exact) mass is 419 g/mol. The maximum Gasteiger partial charge on any atom is 0.337 e. The molecule has 136 valence electrons. The molecular formula is C19H18BrNO5. The van der Waals surface area contributed by atoms with Gasteiger partial charge in [0.15, 0.2) is 0 Å². The lowest BCUT2D eigenvalue weighted by molar-refractivity contribution is -0.142. The first-order valence-corrected chi connectivity index (χ1v) is 8.56. The van der Waals surface area contributed by atoms with Crippen molar-refractivity contribution in [2.24, 2.45) is 0 Å². The Labute approximate surface area is 159 Å². The van der Waals surface area contributed by atoms with Gasteiger partial charge in [0.1, 0.15) is 6.04 Å². The molecule has 0 fully saturated rings. The van der Waals surface area contributed by atoms with Gasteiger partial charge in [-0.2, -0.15) is 0 Å². The molecular weight excluding hydrogens is 402 g/mol. The fraction of sp³-hybridized carbons (Fsp3) is 0.211. The Morgan fingerprint density at radius 1 is 1.00 bits per heavy atom. The topological polar surface area (TPSA) is 81.7 Å². The number of amides is 1. The molecule has 7 heteroatoms. The number of carbonyl (C=O) groups excluding carboxylic acids is 3. The number of carbonyl (C=O) groups is 3. The van der Waals surface area contributed by atoms with E-state index in [0.29, 0.717) is 0 Å². The second-order valence-electron chi connectivity index (χ2n) is 5.42. The van der Waals surface area contributed by atoms with E-state index in [-0.39, 0.29) is 17.5 Å². The van der Waals surface area contributed by atoms with Crippen molar-refractivity contribution in [1.82, 2.24) is 5.32 Å². The van der Waals surface area contributed by atoms with Gasteiger partial charge in [0.05, 0.1) is 19.8 Å². The van der Waals surface area contributed by atoms with Crippen LogP contribution in [0.2, 0.25) is 0 Å². The van der Waals surface area contributed by atoms with E-state index >= 15 is 0 Å². The van der Waals surface area contributed by atoms with Crippen LogP contribution in [0.1, 0.15) is 26.3 Å². The average Bonchev–Trinajstić information content (AvgIpc) is 2.67. The molecule has 0 saturated carbocycles. The standard InChI is InChI=1S/C19H18BrNO5/c1-25-18(23)14-8-5-7-13(10-14)17(22)21-16(19(24)26-2)11-12-6-3-4-9-15(12)20/h3-10,16H,11H2,1-2H3,(H,21,22)/t16-/m0/s1. The lowest BCUT2D eigenvalue weighted by Crippen LogP contribution is -2.43. The van der Waals surface area contributed by atoms with E-state index in [0.717, 1.165) is 10.0 Å². The Balaban J connectivity index is 2.20. The summed E-state index contributed by atoms with van der Waals surface area (Å²) in [7, 11) is 2.53. The van der Waals surface area contributed by atoms with E-state index < -0.39 is 23.9 Å². The van der Waals surface area contributed by atoms with Crippen LogP contribution < -0.4 is 5.32 Å². The Hall–Kier alpha value is -2.67. The average molecular weight is 420 g/mol. The highest BCUT2D eigenvalue weighted by atomic mass is 79.9. The molecule has 1 amide bonds. The van der Waals surface area contributed by atoms with Crippen molar-refractivity contribution in [1.29, 1.82) is 0 Å². The van der Waals surface area contributed by atoms with Crippen molar-refractivity contribution in [2.45, 2.75) is 12.5 Å². The number of rotatable bonds is 6. The summed E-state index contributed by atoms with van der Waals surface area (Å²) in [5.41, 5.74) is 1.35. The highest BCUT2D eigenvalue weighted by Gasteiger charge is 2.23. The molecule has 0 aromatic heterocycles. The minimum atomic E-state index is -0.868.